The van der Waals surface area contributed by atoms with Gasteiger partial charge in [-0.1, -0.05) is 82.3 Å². The molecule has 0 saturated heterocycles. The van der Waals surface area contributed by atoms with Gasteiger partial charge in [0.05, 0.1) is 6.61 Å². The van der Waals surface area contributed by atoms with Crippen molar-refractivity contribution in [2.24, 2.45) is 10.8 Å². The average Bonchev–Trinajstić information content (AvgIpc) is 2.97. The Kier molecular flexibility index (Phi) is 8.01. The zero-order valence-electron chi connectivity index (χ0n) is 27.6. The van der Waals surface area contributed by atoms with E-state index in [2.05, 4.69) is 75.6 Å². The highest BCUT2D eigenvalue weighted by Gasteiger charge is 2.48. The number of Topliss-reactive ketones (excluding diaryl/α,β-unsaturated/α-hetero) is 2. The van der Waals surface area contributed by atoms with Gasteiger partial charge >= 0.3 is 0 Å². The topological polar surface area (TPSA) is 55.8 Å². The molecule has 0 aromatic heterocycles. The molecule has 2 aliphatic carbocycles. The van der Waals surface area contributed by atoms with E-state index < -0.39 is 5.92 Å². The van der Waals surface area contributed by atoms with Gasteiger partial charge in [-0.05, 0) is 65.0 Å². The Morgan fingerprint density at radius 3 is 2.09 bits per heavy atom. The summed E-state index contributed by atoms with van der Waals surface area (Å²) < 4.78 is 12.9. The molecule has 0 fully saturated rings. The fourth-order valence-corrected chi connectivity index (χ4v) is 7.65. The fourth-order valence-electron chi connectivity index (χ4n) is 7.65. The minimum atomic E-state index is -0.437. The number of carbonyl (C=O) groups is 2. The zero-order valence-corrected chi connectivity index (χ0v) is 27.6. The van der Waals surface area contributed by atoms with Crippen LogP contribution < -0.4 is 9.47 Å². The molecular weight excluding hydrogens is 558 g/mol. The van der Waals surface area contributed by atoms with Gasteiger partial charge in [0.2, 0.25) is 0 Å². The Balaban J connectivity index is 1.50. The summed E-state index contributed by atoms with van der Waals surface area (Å²) in [5.41, 5.74) is 6.25. The second-order valence-electron chi connectivity index (χ2n) is 14.5. The van der Waals surface area contributed by atoms with E-state index in [-0.39, 0.29) is 22.4 Å². The molecular formula is C40H45NO4. The van der Waals surface area contributed by atoms with Crippen LogP contribution in [0.4, 0.5) is 0 Å². The summed E-state index contributed by atoms with van der Waals surface area (Å²) in [5.74, 6) is 1.12. The van der Waals surface area contributed by atoms with Crippen LogP contribution in [-0.4, -0.2) is 30.1 Å². The molecule has 0 amide bonds. The fraction of sp³-hybridized carbons (Fsp3) is 0.400. The molecule has 5 nitrogen and oxygen atoms in total. The normalized spacial score (nSPS) is 19.5. The molecule has 0 atom stereocenters. The number of benzene rings is 3. The largest absolute Gasteiger partial charge is 0.490 e. The van der Waals surface area contributed by atoms with Crippen LogP contribution in [0.1, 0.15) is 82.9 Å². The molecule has 45 heavy (non-hydrogen) atoms. The van der Waals surface area contributed by atoms with Gasteiger partial charge in [-0.2, -0.15) is 0 Å². The first-order valence-corrected chi connectivity index (χ1v) is 16.2. The monoisotopic (exact) mass is 603 g/mol. The van der Waals surface area contributed by atoms with Crippen LogP contribution in [0.2, 0.25) is 0 Å². The molecule has 0 unspecified atom stereocenters. The third kappa shape index (κ3) is 5.74. The lowest BCUT2D eigenvalue weighted by atomic mass is 9.63. The third-order valence-electron chi connectivity index (χ3n) is 9.58. The van der Waals surface area contributed by atoms with Gasteiger partial charge in [0, 0.05) is 53.9 Å². The van der Waals surface area contributed by atoms with E-state index in [4.69, 9.17) is 9.47 Å². The molecule has 0 N–H and O–H groups in total. The van der Waals surface area contributed by atoms with E-state index in [9.17, 15) is 9.59 Å². The molecule has 0 spiro atoms. The Labute approximate surface area is 267 Å². The van der Waals surface area contributed by atoms with Crippen LogP contribution in [0.15, 0.2) is 89.8 Å². The van der Waals surface area contributed by atoms with E-state index in [0.717, 1.165) is 57.5 Å². The van der Waals surface area contributed by atoms with E-state index in [1.54, 1.807) is 0 Å². The summed E-state index contributed by atoms with van der Waals surface area (Å²) >= 11 is 0. The Bertz CT molecular complexity index is 1710. The van der Waals surface area contributed by atoms with Crippen LogP contribution in [0, 0.1) is 10.8 Å². The molecule has 0 bridgehead atoms. The van der Waals surface area contributed by atoms with Crippen molar-refractivity contribution in [2.45, 2.75) is 79.2 Å². The van der Waals surface area contributed by atoms with Crippen molar-refractivity contribution in [1.82, 2.24) is 4.90 Å². The second-order valence-corrected chi connectivity index (χ2v) is 14.5. The summed E-state index contributed by atoms with van der Waals surface area (Å²) in [6, 6.07) is 18.7. The van der Waals surface area contributed by atoms with Gasteiger partial charge in [0.1, 0.15) is 6.61 Å². The predicted molar refractivity (Wildman–Crippen MR) is 180 cm³/mol. The summed E-state index contributed by atoms with van der Waals surface area (Å²) in [6.07, 6.45) is 4.93. The maximum Gasteiger partial charge on any atom is 0.165 e. The summed E-state index contributed by atoms with van der Waals surface area (Å²) in [4.78, 5) is 30.3. The highest BCUT2D eigenvalue weighted by Crippen LogP contribution is 2.54. The van der Waals surface area contributed by atoms with Gasteiger partial charge in [-0.25, -0.2) is 0 Å². The van der Waals surface area contributed by atoms with Crippen LogP contribution in [0.5, 0.6) is 11.5 Å². The lowest BCUT2D eigenvalue weighted by molar-refractivity contribution is -0.119. The van der Waals surface area contributed by atoms with Crippen molar-refractivity contribution in [2.75, 3.05) is 13.7 Å². The first-order valence-electron chi connectivity index (χ1n) is 16.2. The molecule has 1 heterocycles. The minimum Gasteiger partial charge on any atom is -0.490 e. The highest BCUT2D eigenvalue weighted by atomic mass is 16.5. The molecule has 0 saturated carbocycles. The first-order chi connectivity index (χ1) is 21.4. The Morgan fingerprint density at radius 1 is 0.844 bits per heavy atom. The van der Waals surface area contributed by atoms with Crippen molar-refractivity contribution in [3.8, 4) is 11.5 Å². The Morgan fingerprint density at radius 2 is 1.47 bits per heavy atom. The van der Waals surface area contributed by atoms with Crippen LogP contribution in [0.25, 0.3) is 10.8 Å². The first kappa shape index (κ1) is 30.9. The van der Waals surface area contributed by atoms with E-state index in [0.29, 0.717) is 44.0 Å². The van der Waals surface area contributed by atoms with E-state index in [1.165, 1.54) is 5.39 Å². The van der Waals surface area contributed by atoms with Crippen molar-refractivity contribution in [3.63, 3.8) is 0 Å². The molecule has 234 valence electrons. The van der Waals surface area contributed by atoms with Crippen molar-refractivity contribution in [3.05, 3.63) is 106 Å². The number of hydrogen-bond donors (Lipinski definition) is 0. The van der Waals surface area contributed by atoms with Gasteiger partial charge in [-0.15, -0.1) is 6.58 Å². The maximum absolute atomic E-state index is 14.0. The van der Waals surface area contributed by atoms with E-state index >= 15 is 0 Å². The van der Waals surface area contributed by atoms with Gasteiger partial charge in [0.15, 0.2) is 23.1 Å². The summed E-state index contributed by atoms with van der Waals surface area (Å²) in [6.45, 7) is 15.5. The zero-order chi connectivity index (χ0) is 32.1. The number of ether oxygens (including phenoxy) is 2. The molecule has 5 heteroatoms. The number of nitrogens with zero attached hydrogens (tertiary/aromatic N) is 1. The lowest BCUT2D eigenvalue weighted by Gasteiger charge is -2.48. The molecule has 6 rings (SSSR count). The van der Waals surface area contributed by atoms with E-state index in [1.807, 2.05) is 38.2 Å². The number of rotatable bonds is 8. The molecule has 0 radical (unpaired) electrons. The minimum absolute atomic E-state index is 0.127. The second kappa shape index (κ2) is 11.7. The number of carbonyl (C=O) groups excluding carboxylic acids is 2. The van der Waals surface area contributed by atoms with Crippen molar-refractivity contribution >= 4 is 22.3 Å². The van der Waals surface area contributed by atoms with Gasteiger partial charge < -0.3 is 14.4 Å². The van der Waals surface area contributed by atoms with Crippen molar-refractivity contribution in [1.29, 1.82) is 0 Å². The highest BCUT2D eigenvalue weighted by molar-refractivity contribution is 6.06. The van der Waals surface area contributed by atoms with Gasteiger partial charge in [-0.3, -0.25) is 9.59 Å². The quantitative estimate of drug-likeness (QED) is 0.241. The molecule has 3 aromatic rings. The number of hydrogen-bond acceptors (Lipinski definition) is 5. The summed E-state index contributed by atoms with van der Waals surface area (Å²) in [7, 11) is 2.04. The lowest BCUT2D eigenvalue weighted by Crippen LogP contribution is -2.43. The number of ketones is 2. The van der Waals surface area contributed by atoms with Crippen LogP contribution >= 0.6 is 0 Å². The molecule has 1 aliphatic heterocycles. The smallest absolute Gasteiger partial charge is 0.165 e. The predicted octanol–water partition coefficient (Wildman–Crippen LogP) is 8.86. The Hall–Kier alpha value is -4.12. The summed E-state index contributed by atoms with van der Waals surface area (Å²) in [5, 5.41) is 2.32. The maximum atomic E-state index is 14.0. The number of allylic oxidation sites excluding steroid dienone is 5. The van der Waals surface area contributed by atoms with Gasteiger partial charge in [0.25, 0.3) is 0 Å². The van der Waals surface area contributed by atoms with Crippen LogP contribution in [0.3, 0.4) is 0 Å². The van der Waals surface area contributed by atoms with Crippen LogP contribution in [-0.2, 0) is 22.6 Å². The number of fused-ring (bicyclic) bond motifs is 1. The average molecular weight is 604 g/mol. The SMILES string of the molecule is C=CCc1cc(C2C3=C(CC(C)(C)CC3=O)N(C)C3=C2C(=O)CC(C)(C)C3)cc(OCC)c1OCc1cccc2ccccc12. The molecule has 3 aromatic carbocycles. The third-order valence-corrected chi connectivity index (χ3v) is 9.58. The molecule has 3 aliphatic rings. The standard InChI is InChI=1S/C40H45NO4/c1-8-13-26-18-28(19-34(44-9-2)38(26)45-24-27-16-12-15-25-14-10-11-17-29(25)27)35-36-30(20-39(3,4)22-32(36)42)41(7)31-21-40(5,6)23-33(43)37(31)35/h8,10-12,14-19,35H,1,9,13,20-24H2,2-7H3. The van der Waals surface area contributed by atoms with Crippen molar-refractivity contribution < 1.29 is 19.1 Å².